The van der Waals surface area contributed by atoms with Gasteiger partial charge in [-0.15, -0.1) is 10.2 Å². The van der Waals surface area contributed by atoms with E-state index >= 15 is 0 Å². The second-order valence-electron chi connectivity index (χ2n) is 8.58. The Balaban J connectivity index is 1.63. The number of hydrogen-bond donors (Lipinski definition) is 1. The summed E-state index contributed by atoms with van der Waals surface area (Å²) in [7, 11) is 1.41. The summed E-state index contributed by atoms with van der Waals surface area (Å²) in [6.07, 6.45) is 2.62. The molecule has 0 saturated carbocycles. The van der Waals surface area contributed by atoms with Crippen LogP contribution in [0.15, 0.2) is 30.3 Å². The number of hydrogen-bond acceptors (Lipinski definition) is 5. The van der Waals surface area contributed by atoms with E-state index in [1.54, 1.807) is 0 Å². The smallest absolute Gasteiger partial charge is 0.407 e. The molecular weight excluding hydrogens is 378 g/mol. The minimum absolute atomic E-state index is 0.0704. The lowest BCUT2D eigenvalue weighted by Gasteiger charge is -2.38. The Morgan fingerprint density at radius 3 is 2.43 bits per heavy atom. The molecule has 0 aliphatic carbocycles. The number of methoxy groups -OCH3 is 1. The van der Waals surface area contributed by atoms with Gasteiger partial charge >= 0.3 is 6.09 Å². The van der Waals surface area contributed by atoms with Crippen molar-refractivity contribution in [2.45, 2.75) is 71.0 Å². The van der Waals surface area contributed by atoms with Gasteiger partial charge in [0.25, 0.3) is 0 Å². The monoisotopic (exact) mass is 413 g/mol. The molecule has 1 amide bonds. The molecule has 164 valence electrons. The molecule has 0 spiro atoms. The van der Waals surface area contributed by atoms with Crippen molar-refractivity contribution in [2.75, 3.05) is 20.2 Å². The summed E-state index contributed by atoms with van der Waals surface area (Å²) in [4.78, 5) is 14.4. The van der Waals surface area contributed by atoms with Crippen LogP contribution in [0.25, 0.3) is 0 Å². The molecule has 1 aliphatic heterocycles. The third-order valence-corrected chi connectivity index (χ3v) is 6.15. The molecule has 7 nitrogen and oxygen atoms in total. The lowest BCUT2D eigenvalue weighted by atomic mass is 9.96. The van der Waals surface area contributed by atoms with Crippen molar-refractivity contribution >= 4 is 6.09 Å². The summed E-state index contributed by atoms with van der Waals surface area (Å²) in [5, 5.41) is 11.7. The molecule has 2 atom stereocenters. The van der Waals surface area contributed by atoms with Gasteiger partial charge in [-0.3, -0.25) is 0 Å². The fraction of sp³-hybridized carbons (Fsp3) is 0.609. The minimum Gasteiger partial charge on any atom is -0.453 e. The first-order valence-electron chi connectivity index (χ1n) is 11.0. The molecule has 1 aromatic heterocycles. The minimum atomic E-state index is -0.390. The van der Waals surface area contributed by atoms with Crippen molar-refractivity contribution in [3.63, 3.8) is 0 Å². The number of benzene rings is 1. The number of nitrogens with one attached hydrogen (secondary N) is 1. The Morgan fingerprint density at radius 2 is 1.83 bits per heavy atom. The zero-order chi connectivity index (χ0) is 21.7. The van der Waals surface area contributed by atoms with Crippen molar-refractivity contribution in [3.8, 4) is 0 Å². The second-order valence-corrected chi connectivity index (χ2v) is 8.58. The van der Waals surface area contributed by atoms with E-state index in [4.69, 9.17) is 4.74 Å². The highest BCUT2D eigenvalue weighted by Crippen LogP contribution is 2.30. The molecule has 1 N–H and O–H groups in total. The van der Waals surface area contributed by atoms with Crippen LogP contribution in [0.2, 0.25) is 0 Å². The number of piperidine rings is 1. The molecule has 0 radical (unpaired) electrons. The summed E-state index contributed by atoms with van der Waals surface area (Å²) in [5.74, 6) is 2.47. The largest absolute Gasteiger partial charge is 0.453 e. The molecule has 3 rings (SSSR count). The van der Waals surface area contributed by atoms with Gasteiger partial charge in [-0.1, -0.05) is 44.2 Å². The fourth-order valence-electron chi connectivity index (χ4n) is 4.47. The van der Waals surface area contributed by atoms with Crippen molar-refractivity contribution in [3.05, 3.63) is 47.5 Å². The van der Waals surface area contributed by atoms with E-state index in [1.807, 2.05) is 18.2 Å². The molecule has 2 aromatic rings. The van der Waals surface area contributed by atoms with E-state index in [9.17, 15) is 4.79 Å². The Kier molecular flexibility index (Phi) is 7.48. The van der Waals surface area contributed by atoms with E-state index in [1.165, 1.54) is 7.11 Å². The number of alkyl carbamates (subject to hydrolysis) is 1. The van der Waals surface area contributed by atoms with Crippen LogP contribution in [-0.2, 0) is 4.74 Å². The summed E-state index contributed by atoms with van der Waals surface area (Å²) in [6.45, 7) is 10.7. The van der Waals surface area contributed by atoms with Crippen molar-refractivity contribution in [1.29, 1.82) is 0 Å². The predicted octanol–water partition coefficient (Wildman–Crippen LogP) is 4.22. The van der Waals surface area contributed by atoms with E-state index in [2.05, 4.69) is 64.8 Å². The summed E-state index contributed by atoms with van der Waals surface area (Å²) in [5.41, 5.74) is 1.10. The van der Waals surface area contributed by atoms with Gasteiger partial charge in [0.2, 0.25) is 0 Å². The third-order valence-electron chi connectivity index (χ3n) is 6.15. The maximum absolute atomic E-state index is 11.9. The van der Waals surface area contributed by atoms with Crippen LogP contribution in [-0.4, -0.2) is 52.0 Å². The lowest BCUT2D eigenvalue weighted by Crippen LogP contribution is -2.43. The van der Waals surface area contributed by atoms with Gasteiger partial charge in [0, 0.05) is 31.1 Å². The molecule has 1 unspecified atom stereocenters. The van der Waals surface area contributed by atoms with E-state index in [-0.39, 0.29) is 12.1 Å². The fourth-order valence-corrected chi connectivity index (χ4v) is 4.47. The van der Waals surface area contributed by atoms with E-state index in [0.717, 1.165) is 49.6 Å². The van der Waals surface area contributed by atoms with Gasteiger partial charge in [-0.2, -0.15) is 0 Å². The summed E-state index contributed by atoms with van der Waals surface area (Å²) < 4.78 is 7.19. The number of aryl methyl sites for hydroxylation is 1. The average Bonchev–Trinajstić information content (AvgIpc) is 3.15. The molecule has 1 aliphatic rings. The molecular formula is C23H35N5O2. The number of likely N-dealkylation sites (tertiary alicyclic amines) is 1. The van der Waals surface area contributed by atoms with Gasteiger partial charge < -0.3 is 19.5 Å². The highest BCUT2D eigenvalue weighted by atomic mass is 16.5. The lowest BCUT2D eigenvalue weighted by molar-refractivity contribution is 0.124. The SMILES string of the molecule is COC(=O)N[C@@H](CC(C)N1CCC(n2c(C)nnc2C(C)C)CC1)c1ccccc1. The van der Waals surface area contributed by atoms with Gasteiger partial charge in [-0.25, -0.2) is 4.79 Å². The van der Waals surface area contributed by atoms with Crippen LogP contribution in [0.4, 0.5) is 4.79 Å². The Bertz CT molecular complexity index is 812. The number of nitrogens with zero attached hydrogens (tertiary/aromatic N) is 4. The van der Waals surface area contributed by atoms with Crippen molar-refractivity contribution in [1.82, 2.24) is 25.0 Å². The van der Waals surface area contributed by atoms with Gasteiger partial charge in [0.1, 0.15) is 11.6 Å². The van der Waals surface area contributed by atoms with Crippen molar-refractivity contribution < 1.29 is 9.53 Å². The predicted molar refractivity (Wildman–Crippen MR) is 117 cm³/mol. The summed E-state index contributed by atoms with van der Waals surface area (Å²) in [6, 6.07) is 10.9. The molecule has 7 heteroatoms. The molecule has 1 fully saturated rings. The normalized spacial score (nSPS) is 17.7. The number of carbonyl (C=O) groups is 1. The molecule has 2 heterocycles. The molecule has 1 saturated heterocycles. The number of amides is 1. The van der Waals surface area contributed by atoms with Crippen LogP contribution >= 0.6 is 0 Å². The third kappa shape index (κ3) is 5.19. The highest BCUT2D eigenvalue weighted by Gasteiger charge is 2.29. The van der Waals surface area contributed by atoms with Crippen LogP contribution in [0.5, 0.6) is 0 Å². The number of aromatic nitrogens is 3. The summed E-state index contributed by atoms with van der Waals surface area (Å²) >= 11 is 0. The topological polar surface area (TPSA) is 72.3 Å². The Morgan fingerprint density at radius 1 is 1.17 bits per heavy atom. The Labute approximate surface area is 179 Å². The zero-order valence-electron chi connectivity index (χ0n) is 18.8. The first kappa shape index (κ1) is 22.3. The number of rotatable bonds is 7. The maximum Gasteiger partial charge on any atom is 0.407 e. The van der Waals surface area contributed by atoms with Crippen LogP contribution in [0, 0.1) is 6.92 Å². The van der Waals surface area contributed by atoms with E-state index in [0.29, 0.717) is 18.0 Å². The second kappa shape index (κ2) is 10.1. The highest BCUT2D eigenvalue weighted by molar-refractivity contribution is 5.67. The molecule has 0 bridgehead atoms. The standard InChI is InChI=1S/C23H35N5O2/c1-16(2)22-26-25-18(4)28(22)20-11-13-27(14-12-20)17(3)15-21(24-23(29)30-5)19-9-7-6-8-10-19/h6-10,16-17,20-21H,11-15H2,1-5H3,(H,24,29)/t17?,21-/m0/s1. The number of ether oxygens (including phenoxy) is 1. The Hall–Kier alpha value is -2.41. The van der Waals surface area contributed by atoms with Gasteiger partial charge in [0.05, 0.1) is 13.2 Å². The van der Waals surface area contributed by atoms with Gasteiger partial charge in [0.15, 0.2) is 0 Å². The average molecular weight is 414 g/mol. The zero-order valence-corrected chi connectivity index (χ0v) is 18.8. The van der Waals surface area contributed by atoms with E-state index < -0.39 is 0 Å². The molecule has 30 heavy (non-hydrogen) atoms. The molecule has 1 aromatic carbocycles. The first-order chi connectivity index (χ1) is 14.4. The number of carbonyl (C=O) groups excluding carboxylic acids is 1. The van der Waals surface area contributed by atoms with Crippen molar-refractivity contribution in [2.24, 2.45) is 0 Å². The van der Waals surface area contributed by atoms with Crippen LogP contribution < -0.4 is 5.32 Å². The van der Waals surface area contributed by atoms with Gasteiger partial charge in [-0.05, 0) is 38.7 Å². The quantitative estimate of drug-likeness (QED) is 0.736. The van der Waals surface area contributed by atoms with Crippen LogP contribution in [0.3, 0.4) is 0 Å². The maximum atomic E-state index is 11.9. The van der Waals surface area contributed by atoms with Crippen LogP contribution in [0.1, 0.15) is 75.2 Å². The first-order valence-corrected chi connectivity index (χ1v) is 11.0.